The highest BCUT2D eigenvalue weighted by Crippen LogP contribution is 2.47. The van der Waals surface area contributed by atoms with Crippen LogP contribution in [-0.4, -0.2) is 0 Å². The van der Waals surface area contributed by atoms with Gasteiger partial charge >= 0.3 is 0 Å². The second kappa shape index (κ2) is 13.4. The highest BCUT2D eigenvalue weighted by atomic mass is 14.4. The van der Waals surface area contributed by atoms with Gasteiger partial charge in [-0.1, -0.05) is 113 Å². The van der Waals surface area contributed by atoms with Crippen molar-refractivity contribution in [1.82, 2.24) is 0 Å². The van der Waals surface area contributed by atoms with E-state index in [9.17, 15) is 0 Å². The number of hydrogen-bond acceptors (Lipinski definition) is 0. The van der Waals surface area contributed by atoms with Crippen molar-refractivity contribution in [2.75, 3.05) is 0 Å². The maximum atomic E-state index is 2.59. The second-order valence-corrected chi connectivity index (χ2v) is 12.3. The standard InChI is InChI=1S/C29H58/c1-9-16-26(6)17-11-14-21-29(23-27(7)24(2)3)20-13-10-12-18-28(8,25(4)5)19-15-22-29/h24-27H,9-23H2,1-8H3. The van der Waals surface area contributed by atoms with Crippen molar-refractivity contribution in [3.05, 3.63) is 0 Å². The van der Waals surface area contributed by atoms with Gasteiger partial charge < -0.3 is 0 Å². The summed E-state index contributed by atoms with van der Waals surface area (Å²) in [4.78, 5) is 0. The summed E-state index contributed by atoms with van der Waals surface area (Å²) in [5.74, 6) is 3.45. The van der Waals surface area contributed by atoms with Gasteiger partial charge in [-0.3, -0.25) is 0 Å². The average molecular weight is 407 g/mol. The highest BCUT2D eigenvalue weighted by Gasteiger charge is 2.34. The minimum atomic E-state index is 0.572. The number of rotatable bonds is 11. The lowest BCUT2D eigenvalue weighted by Crippen LogP contribution is -2.29. The van der Waals surface area contributed by atoms with Crippen molar-refractivity contribution < 1.29 is 0 Å². The van der Waals surface area contributed by atoms with Crippen molar-refractivity contribution in [3.63, 3.8) is 0 Å². The summed E-state index contributed by atoms with van der Waals surface area (Å²) in [7, 11) is 0. The molecule has 0 nitrogen and oxygen atoms in total. The molecule has 0 saturated heterocycles. The molecule has 1 aliphatic rings. The molecule has 0 radical (unpaired) electrons. The molecule has 0 aromatic rings. The largest absolute Gasteiger partial charge is 0.0654 e. The van der Waals surface area contributed by atoms with E-state index in [4.69, 9.17) is 0 Å². The summed E-state index contributed by atoms with van der Waals surface area (Å²) in [6, 6.07) is 0. The van der Waals surface area contributed by atoms with E-state index in [2.05, 4.69) is 55.4 Å². The molecule has 1 fully saturated rings. The Bertz CT molecular complexity index is 408. The zero-order valence-electron chi connectivity index (χ0n) is 21.9. The van der Waals surface area contributed by atoms with Gasteiger partial charge in [-0.2, -0.15) is 0 Å². The molecule has 0 heterocycles. The van der Waals surface area contributed by atoms with Crippen molar-refractivity contribution in [2.45, 2.75) is 152 Å². The molecule has 0 spiro atoms. The monoisotopic (exact) mass is 406 g/mol. The van der Waals surface area contributed by atoms with E-state index in [1.165, 1.54) is 96.3 Å². The molecule has 0 bridgehead atoms. The summed E-state index contributed by atoms with van der Waals surface area (Å²) in [5, 5.41) is 0. The fourth-order valence-electron chi connectivity index (χ4n) is 6.01. The van der Waals surface area contributed by atoms with Crippen LogP contribution in [-0.2, 0) is 0 Å². The van der Waals surface area contributed by atoms with E-state index in [1.807, 2.05) is 0 Å². The summed E-state index contributed by atoms with van der Waals surface area (Å²) < 4.78 is 0. The van der Waals surface area contributed by atoms with Crippen molar-refractivity contribution in [2.24, 2.45) is 34.5 Å². The summed E-state index contributed by atoms with van der Waals surface area (Å²) in [6.07, 6.45) is 21.9. The third-order valence-electron chi connectivity index (χ3n) is 9.13. The maximum absolute atomic E-state index is 2.59. The van der Waals surface area contributed by atoms with Crippen LogP contribution in [0.1, 0.15) is 152 Å². The molecule has 0 heteroatoms. The van der Waals surface area contributed by atoms with Crippen molar-refractivity contribution in [1.29, 1.82) is 0 Å². The van der Waals surface area contributed by atoms with Gasteiger partial charge in [-0.05, 0) is 73.0 Å². The summed E-state index contributed by atoms with van der Waals surface area (Å²) in [6.45, 7) is 19.8. The lowest BCUT2D eigenvalue weighted by molar-refractivity contribution is 0.103. The zero-order valence-corrected chi connectivity index (χ0v) is 21.9. The Morgan fingerprint density at radius 1 is 0.724 bits per heavy atom. The fourth-order valence-corrected chi connectivity index (χ4v) is 6.01. The van der Waals surface area contributed by atoms with Crippen LogP contribution in [0.2, 0.25) is 0 Å². The third kappa shape index (κ3) is 9.78. The van der Waals surface area contributed by atoms with Crippen LogP contribution in [0.3, 0.4) is 0 Å². The molecule has 0 aromatic carbocycles. The van der Waals surface area contributed by atoms with Gasteiger partial charge in [0, 0.05) is 0 Å². The van der Waals surface area contributed by atoms with Crippen LogP contribution < -0.4 is 0 Å². The first-order valence-electron chi connectivity index (χ1n) is 13.6. The molecule has 1 aliphatic carbocycles. The topological polar surface area (TPSA) is 0 Å². The SMILES string of the molecule is CCCC(C)CCCCC1(CC(C)C(C)C)CCCCCC(C)(C(C)C)CCC1. The van der Waals surface area contributed by atoms with Gasteiger partial charge in [0.25, 0.3) is 0 Å². The molecule has 1 saturated carbocycles. The van der Waals surface area contributed by atoms with Gasteiger partial charge in [-0.25, -0.2) is 0 Å². The Morgan fingerprint density at radius 3 is 1.97 bits per heavy atom. The lowest BCUT2D eigenvalue weighted by atomic mass is 9.64. The van der Waals surface area contributed by atoms with Gasteiger partial charge in [0.2, 0.25) is 0 Å². The highest BCUT2D eigenvalue weighted by molar-refractivity contribution is 4.86. The molecular formula is C29H58. The first-order chi connectivity index (χ1) is 13.6. The van der Waals surface area contributed by atoms with Crippen LogP contribution in [0, 0.1) is 34.5 Å². The summed E-state index contributed by atoms with van der Waals surface area (Å²) in [5.41, 5.74) is 1.20. The van der Waals surface area contributed by atoms with Crippen LogP contribution in [0.25, 0.3) is 0 Å². The molecule has 0 amide bonds. The molecular weight excluding hydrogens is 348 g/mol. The maximum Gasteiger partial charge on any atom is -0.0295 e. The summed E-state index contributed by atoms with van der Waals surface area (Å²) >= 11 is 0. The van der Waals surface area contributed by atoms with Gasteiger partial charge in [0.05, 0.1) is 0 Å². The lowest BCUT2D eigenvalue weighted by Gasteiger charge is -2.41. The quantitative estimate of drug-likeness (QED) is 0.299. The van der Waals surface area contributed by atoms with E-state index in [1.54, 1.807) is 0 Å². The van der Waals surface area contributed by atoms with Crippen LogP contribution in [0.4, 0.5) is 0 Å². The predicted octanol–water partition coefficient (Wildman–Crippen LogP) is 10.4. The first-order valence-corrected chi connectivity index (χ1v) is 13.6. The smallest absolute Gasteiger partial charge is 0.0295 e. The molecule has 4 unspecified atom stereocenters. The van der Waals surface area contributed by atoms with Crippen LogP contribution in [0.5, 0.6) is 0 Å². The van der Waals surface area contributed by atoms with E-state index in [0.717, 1.165) is 23.7 Å². The Labute approximate surface area is 186 Å². The third-order valence-corrected chi connectivity index (χ3v) is 9.13. The van der Waals surface area contributed by atoms with Gasteiger partial charge in [0.15, 0.2) is 0 Å². The molecule has 0 aromatic heterocycles. The van der Waals surface area contributed by atoms with Crippen molar-refractivity contribution >= 4 is 0 Å². The number of hydrogen-bond donors (Lipinski definition) is 0. The molecule has 0 N–H and O–H groups in total. The van der Waals surface area contributed by atoms with Gasteiger partial charge in [-0.15, -0.1) is 0 Å². The minimum absolute atomic E-state index is 0.572. The Hall–Kier alpha value is 0. The van der Waals surface area contributed by atoms with Crippen molar-refractivity contribution in [3.8, 4) is 0 Å². The Morgan fingerprint density at radius 2 is 1.34 bits per heavy atom. The van der Waals surface area contributed by atoms with E-state index >= 15 is 0 Å². The molecule has 174 valence electrons. The zero-order chi connectivity index (χ0) is 21.9. The first kappa shape index (κ1) is 27.0. The Balaban J connectivity index is 2.81. The van der Waals surface area contributed by atoms with E-state index in [0.29, 0.717) is 10.8 Å². The van der Waals surface area contributed by atoms with Crippen LogP contribution in [0.15, 0.2) is 0 Å². The Kier molecular flexibility index (Phi) is 12.5. The van der Waals surface area contributed by atoms with E-state index in [-0.39, 0.29) is 0 Å². The second-order valence-electron chi connectivity index (χ2n) is 12.3. The van der Waals surface area contributed by atoms with E-state index < -0.39 is 0 Å². The van der Waals surface area contributed by atoms with Crippen LogP contribution >= 0.6 is 0 Å². The molecule has 0 aliphatic heterocycles. The molecule has 4 atom stereocenters. The normalized spacial score (nSPS) is 29.2. The van der Waals surface area contributed by atoms with Gasteiger partial charge in [0.1, 0.15) is 0 Å². The fraction of sp³-hybridized carbons (Fsp3) is 1.00. The molecule has 29 heavy (non-hydrogen) atoms. The molecule has 1 rings (SSSR count). The number of unbranched alkanes of at least 4 members (excludes halogenated alkanes) is 1. The predicted molar refractivity (Wildman–Crippen MR) is 133 cm³/mol. The average Bonchev–Trinajstić information content (AvgIpc) is 2.65. The minimum Gasteiger partial charge on any atom is -0.0654 e.